The second-order valence-corrected chi connectivity index (χ2v) is 8.42. The van der Waals surface area contributed by atoms with Gasteiger partial charge in [0.25, 0.3) is 0 Å². The molecule has 0 saturated heterocycles. The maximum Gasteiger partial charge on any atom is 0.250 e. The Morgan fingerprint density at radius 2 is 1.90 bits per heavy atom. The Kier molecular flexibility index (Phi) is 5.20. The Balaban J connectivity index is 2.01. The van der Waals surface area contributed by atoms with Gasteiger partial charge >= 0.3 is 0 Å². The summed E-state index contributed by atoms with van der Waals surface area (Å²) in [5, 5.41) is 0. The van der Waals surface area contributed by atoms with Crippen LogP contribution in [0.2, 0.25) is 0 Å². The zero-order valence-corrected chi connectivity index (χ0v) is 14.0. The van der Waals surface area contributed by atoms with Crippen molar-refractivity contribution in [2.24, 2.45) is 0 Å². The Hall–Kier alpha value is -0.890. The van der Waals surface area contributed by atoms with Gasteiger partial charge in [-0.2, -0.15) is 0 Å². The molecular weight excluding hydrogens is 362 g/mol. The fourth-order valence-corrected chi connectivity index (χ4v) is 4.63. The van der Waals surface area contributed by atoms with Crippen LogP contribution in [0, 0.1) is 0 Å². The van der Waals surface area contributed by atoms with Crippen molar-refractivity contribution >= 4 is 37.3 Å². The maximum atomic E-state index is 12.0. The number of ether oxygens (including phenoxy) is 1. The molecule has 20 heavy (non-hydrogen) atoms. The number of halogens is 1. The average molecular weight is 376 g/mol. The van der Waals surface area contributed by atoms with Crippen LogP contribution in [-0.4, -0.2) is 15.0 Å². The van der Waals surface area contributed by atoms with E-state index in [2.05, 4.69) is 20.7 Å². The topological polar surface area (TPSA) is 55.4 Å². The summed E-state index contributed by atoms with van der Waals surface area (Å²) in [6, 6.07) is 10.6. The summed E-state index contributed by atoms with van der Waals surface area (Å²) in [6.07, 6.45) is 0. The van der Waals surface area contributed by atoms with Crippen LogP contribution in [0.4, 0.5) is 0 Å². The van der Waals surface area contributed by atoms with Crippen LogP contribution in [0.15, 0.2) is 44.4 Å². The smallest absolute Gasteiger partial charge is 0.250 e. The van der Waals surface area contributed by atoms with Crippen LogP contribution >= 0.6 is 27.3 Å². The van der Waals surface area contributed by atoms with Crippen LogP contribution in [0.3, 0.4) is 0 Å². The Morgan fingerprint density at radius 3 is 2.45 bits per heavy atom. The molecule has 2 rings (SSSR count). The number of thiophene rings is 1. The lowest BCUT2D eigenvalue weighted by Gasteiger charge is -2.06. The molecule has 0 unspecified atom stereocenters. The zero-order chi connectivity index (χ0) is 14.6. The highest BCUT2D eigenvalue weighted by molar-refractivity contribution is 9.11. The zero-order valence-electron chi connectivity index (χ0n) is 10.8. The normalized spacial score (nSPS) is 11.5. The van der Waals surface area contributed by atoms with Crippen molar-refractivity contribution in [3.05, 3.63) is 45.7 Å². The fraction of sp³-hybridized carbons (Fsp3) is 0.231. The van der Waals surface area contributed by atoms with E-state index in [1.165, 1.54) is 11.3 Å². The molecule has 4 nitrogen and oxygen atoms in total. The maximum absolute atomic E-state index is 12.0. The van der Waals surface area contributed by atoms with Gasteiger partial charge in [-0.1, -0.05) is 12.1 Å². The van der Waals surface area contributed by atoms with Gasteiger partial charge in [0.2, 0.25) is 10.0 Å². The predicted octanol–water partition coefficient (Wildman–Crippen LogP) is 3.39. The lowest BCUT2D eigenvalue weighted by molar-refractivity contribution is 0.340. The van der Waals surface area contributed by atoms with Crippen molar-refractivity contribution in [3.63, 3.8) is 0 Å². The van der Waals surface area contributed by atoms with Crippen molar-refractivity contribution in [2.75, 3.05) is 6.61 Å². The molecule has 0 radical (unpaired) electrons. The molecule has 1 aromatic carbocycles. The van der Waals surface area contributed by atoms with Crippen LogP contribution in [0.25, 0.3) is 0 Å². The van der Waals surface area contributed by atoms with Crippen LogP contribution in [-0.2, 0) is 16.6 Å². The molecule has 0 aliphatic carbocycles. The first-order valence-corrected chi connectivity index (χ1v) is 9.07. The van der Waals surface area contributed by atoms with Gasteiger partial charge in [0.15, 0.2) is 0 Å². The number of nitrogens with one attached hydrogen (secondary N) is 1. The van der Waals surface area contributed by atoms with Gasteiger partial charge in [-0.3, -0.25) is 0 Å². The number of benzene rings is 1. The summed E-state index contributed by atoms with van der Waals surface area (Å²) in [6.45, 7) is 2.78. The number of sulfonamides is 1. The van der Waals surface area contributed by atoms with Crippen LogP contribution in [0.1, 0.15) is 12.5 Å². The Bertz CT molecular complexity index is 665. The molecule has 1 N–H and O–H groups in total. The Labute approximate surface area is 131 Å². The predicted molar refractivity (Wildman–Crippen MR) is 83.7 cm³/mol. The van der Waals surface area contributed by atoms with Crippen LogP contribution in [0.5, 0.6) is 5.75 Å². The second-order valence-electron chi connectivity index (χ2n) is 3.96. The molecule has 1 heterocycles. The summed E-state index contributed by atoms with van der Waals surface area (Å²) in [5.74, 6) is 0.779. The highest BCUT2D eigenvalue weighted by atomic mass is 79.9. The molecule has 1 aromatic heterocycles. The van der Waals surface area contributed by atoms with E-state index in [4.69, 9.17) is 4.74 Å². The minimum atomic E-state index is -3.45. The third-order valence-electron chi connectivity index (χ3n) is 2.51. The quantitative estimate of drug-likeness (QED) is 0.841. The molecule has 0 bridgehead atoms. The van der Waals surface area contributed by atoms with Crippen molar-refractivity contribution in [1.82, 2.24) is 4.72 Å². The summed E-state index contributed by atoms with van der Waals surface area (Å²) >= 11 is 4.44. The second kappa shape index (κ2) is 6.71. The van der Waals surface area contributed by atoms with E-state index in [0.717, 1.165) is 15.1 Å². The number of hydrogen-bond acceptors (Lipinski definition) is 4. The van der Waals surface area contributed by atoms with E-state index in [1.807, 2.05) is 31.2 Å². The minimum absolute atomic E-state index is 0.254. The van der Waals surface area contributed by atoms with Gasteiger partial charge in [-0.05, 0) is 52.7 Å². The fourth-order valence-electron chi connectivity index (χ4n) is 1.56. The first-order chi connectivity index (χ1) is 9.51. The molecule has 0 aliphatic rings. The lowest BCUT2D eigenvalue weighted by Crippen LogP contribution is -2.22. The van der Waals surface area contributed by atoms with E-state index in [0.29, 0.717) is 10.8 Å². The number of hydrogen-bond donors (Lipinski definition) is 1. The van der Waals surface area contributed by atoms with E-state index >= 15 is 0 Å². The van der Waals surface area contributed by atoms with Gasteiger partial charge in [0, 0.05) is 6.54 Å². The molecule has 0 saturated carbocycles. The molecule has 0 fully saturated rings. The first kappa shape index (κ1) is 15.5. The summed E-state index contributed by atoms with van der Waals surface area (Å²) in [5.41, 5.74) is 0.882. The minimum Gasteiger partial charge on any atom is -0.494 e. The molecule has 0 spiro atoms. The molecule has 0 atom stereocenters. The van der Waals surface area contributed by atoms with Gasteiger partial charge in [-0.25, -0.2) is 13.1 Å². The molecular formula is C13H14BrNO3S2. The molecule has 7 heteroatoms. The van der Waals surface area contributed by atoms with Gasteiger partial charge < -0.3 is 4.74 Å². The van der Waals surface area contributed by atoms with Crippen LogP contribution < -0.4 is 9.46 Å². The SMILES string of the molecule is CCOc1ccc(CNS(=O)(=O)c2ccc(Br)s2)cc1. The van der Waals surface area contributed by atoms with Crippen molar-refractivity contribution in [1.29, 1.82) is 0 Å². The van der Waals surface area contributed by atoms with Gasteiger partial charge in [0.1, 0.15) is 9.96 Å². The van der Waals surface area contributed by atoms with Gasteiger partial charge in [-0.15, -0.1) is 11.3 Å². The first-order valence-electron chi connectivity index (χ1n) is 5.98. The third-order valence-corrected chi connectivity index (χ3v) is 6.03. The molecule has 2 aromatic rings. The summed E-state index contributed by atoms with van der Waals surface area (Å²) in [7, 11) is -3.45. The van der Waals surface area contributed by atoms with Crippen molar-refractivity contribution in [2.45, 2.75) is 17.7 Å². The monoisotopic (exact) mass is 375 g/mol. The van der Waals surface area contributed by atoms with E-state index in [-0.39, 0.29) is 6.54 Å². The molecule has 0 aliphatic heterocycles. The van der Waals surface area contributed by atoms with E-state index < -0.39 is 10.0 Å². The standard InChI is InChI=1S/C13H14BrNO3S2/c1-2-18-11-5-3-10(4-6-11)9-15-20(16,17)13-8-7-12(14)19-13/h3-8,15H,2,9H2,1H3. The van der Waals surface area contributed by atoms with E-state index in [9.17, 15) is 8.42 Å². The average Bonchev–Trinajstić information content (AvgIpc) is 2.86. The number of rotatable bonds is 6. The third kappa shape index (κ3) is 4.05. The largest absolute Gasteiger partial charge is 0.494 e. The lowest BCUT2D eigenvalue weighted by atomic mass is 10.2. The van der Waals surface area contributed by atoms with Crippen molar-refractivity contribution < 1.29 is 13.2 Å². The molecule has 0 amide bonds. The van der Waals surface area contributed by atoms with Crippen molar-refractivity contribution in [3.8, 4) is 5.75 Å². The summed E-state index contributed by atoms with van der Waals surface area (Å²) in [4.78, 5) is 0. The van der Waals surface area contributed by atoms with E-state index in [1.54, 1.807) is 12.1 Å². The molecule has 108 valence electrons. The highest BCUT2D eigenvalue weighted by Crippen LogP contribution is 2.26. The van der Waals surface area contributed by atoms with Gasteiger partial charge in [0.05, 0.1) is 10.4 Å². The Morgan fingerprint density at radius 1 is 1.20 bits per heavy atom. The highest BCUT2D eigenvalue weighted by Gasteiger charge is 2.15. The summed E-state index contributed by atoms with van der Waals surface area (Å²) < 4.78 is 33.1.